The van der Waals surface area contributed by atoms with Crippen molar-refractivity contribution < 1.29 is 47.0 Å². The Kier molecular flexibility index (Phi) is 17.9. The van der Waals surface area contributed by atoms with E-state index < -0.39 is 6.04 Å². The van der Waals surface area contributed by atoms with Crippen LogP contribution in [0.1, 0.15) is 45.2 Å². The summed E-state index contributed by atoms with van der Waals surface area (Å²) in [6.45, 7) is 8.27. The second-order valence-corrected chi connectivity index (χ2v) is 17.9. The Morgan fingerprint density at radius 2 is 1.10 bits per heavy atom. The van der Waals surface area contributed by atoms with Gasteiger partial charge in [-0.15, -0.1) is 20.4 Å². The third kappa shape index (κ3) is 13.8. The number of aryl methyl sites for hydroxylation is 2. The molecular weight excluding hydrogens is 971 g/mol. The molecule has 378 valence electrons. The first-order valence-electron chi connectivity index (χ1n) is 23.0. The molecule has 0 unspecified atom stereocenters. The summed E-state index contributed by atoms with van der Waals surface area (Å²) >= 11 is 2.43. The number of hydrogen-bond donors (Lipinski definition) is 5. The second kappa shape index (κ2) is 25.2. The maximum atomic E-state index is 12.9. The van der Waals surface area contributed by atoms with Crippen molar-refractivity contribution >= 4 is 78.6 Å². The van der Waals surface area contributed by atoms with Crippen molar-refractivity contribution in [1.82, 2.24) is 50.1 Å². The number of benzene rings is 2. The van der Waals surface area contributed by atoms with Gasteiger partial charge in [0.2, 0.25) is 22.1 Å². The Bertz CT molecular complexity index is 3060. The summed E-state index contributed by atoms with van der Waals surface area (Å²) in [5.41, 5.74) is 10.0. The van der Waals surface area contributed by atoms with Crippen molar-refractivity contribution in [2.24, 2.45) is 5.73 Å². The summed E-state index contributed by atoms with van der Waals surface area (Å²) in [7, 11) is 0. The molecule has 8 rings (SSSR count). The smallest absolute Gasteiger partial charge is 0.257 e. The van der Waals surface area contributed by atoms with Gasteiger partial charge in [-0.1, -0.05) is 22.7 Å². The highest BCUT2D eigenvalue weighted by Crippen LogP contribution is 2.29. The van der Waals surface area contributed by atoms with Crippen LogP contribution in [0, 0.1) is 13.8 Å². The first-order valence-corrected chi connectivity index (χ1v) is 24.6. The van der Waals surface area contributed by atoms with E-state index >= 15 is 0 Å². The number of aromatic nitrogens is 8. The number of nitrogens with two attached hydrogens (primary N) is 1. The van der Waals surface area contributed by atoms with Crippen molar-refractivity contribution in [3.05, 3.63) is 96.0 Å². The molecule has 23 nitrogen and oxygen atoms in total. The molecule has 0 aliphatic heterocycles. The van der Waals surface area contributed by atoms with E-state index in [2.05, 4.69) is 51.6 Å². The fourth-order valence-electron chi connectivity index (χ4n) is 7.33. The topological polar surface area (TPSA) is 293 Å². The third-order valence-corrected chi connectivity index (χ3v) is 12.7. The van der Waals surface area contributed by atoms with Gasteiger partial charge in [-0.05, 0) is 80.9 Å². The fraction of sp³-hybridized carbons (Fsp3) is 0.362. The summed E-state index contributed by atoms with van der Waals surface area (Å²) in [6.07, 6.45) is 3.38. The first-order chi connectivity index (χ1) is 35.1. The Balaban J connectivity index is 0.613. The van der Waals surface area contributed by atoms with E-state index in [0.717, 1.165) is 22.7 Å². The standard InChI is InChI=1S/C47H53N13O10S2/c1-29-51-34-27-31(41(62)53-46-57-55-44(71-46)38-5-3-17-69-38)7-10-36(34)59(29)15-21-67-25-23-65-19-13-49-40(61)12-9-33(48)43(64)50-14-20-66-24-26-68-22-16-60-30(2)52-35-28-32(8-11-37(35)60)42(63)54-47-58-56-45(72-47)39-6-4-18-70-39/h3-8,10-11,17-18,27-28,33H,9,12-16,19-26,48H2,1-2H3,(H,49,61)(H,50,64)(H,53,57,62)(H,54,58,63)/t33-/m0/s1. The molecule has 0 radical (unpaired) electrons. The Labute approximate surface area is 419 Å². The zero-order chi connectivity index (χ0) is 50.2. The average Bonchev–Trinajstić information content (AvgIpc) is 4.25. The normalized spacial score (nSPS) is 11.9. The minimum atomic E-state index is -0.842. The Morgan fingerprint density at radius 3 is 1.57 bits per heavy atom. The molecule has 2 aromatic carbocycles. The van der Waals surface area contributed by atoms with Gasteiger partial charge in [0.15, 0.2) is 21.5 Å². The van der Waals surface area contributed by atoms with Crippen LogP contribution in [0.25, 0.3) is 43.6 Å². The molecule has 6 N–H and O–H groups in total. The minimum absolute atomic E-state index is 0.0913. The number of ether oxygens (including phenoxy) is 4. The summed E-state index contributed by atoms with van der Waals surface area (Å²) in [5, 5.41) is 29.1. The third-order valence-electron chi connectivity index (χ3n) is 11.0. The molecule has 0 fully saturated rings. The van der Waals surface area contributed by atoms with E-state index in [1.165, 1.54) is 22.7 Å². The van der Waals surface area contributed by atoms with Crippen LogP contribution in [0.3, 0.4) is 0 Å². The van der Waals surface area contributed by atoms with Gasteiger partial charge in [0.05, 0.1) is 93.5 Å². The number of carbonyl (C=O) groups is 4. The largest absolute Gasteiger partial charge is 0.462 e. The lowest BCUT2D eigenvalue weighted by Gasteiger charge is -2.13. The van der Waals surface area contributed by atoms with Crippen LogP contribution < -0.4 is 27.0 Å². The van der Waals surface area contributed by atoms with Crippen LogP contribution in [-0.2, 0) is 41.6 Å². The minimum Gasteiger partial charge on any atom is -0.462 e. The molecule has 4 amide bonds. The monoisotopic (exact) mass is 1020 g/mol. The highest BCUT2D eigenvalue weighted by molar-refractivity contribution is 7.18. The number of nitrogens with zero attached hydrogens (tertiary/aromatic N) is 8. The molecule has 8 aromatic rings. The summed E-state index contributed by atoms with van der Waals surface area (Å²) < 4.78 is 37.5. The lowest BCUT2D eigenvalue weighted by atomic mass is 10.1. The van der Waals surface area contributed by atoms with E-state index in [9.17, 15) is 19.2 Å². The predicted octanol–water partition coefficient (Wildman–Crippen LogP) is 4.84. The molecule has 0 saturated carbocycles. The van der Waals surface area contributed by atoms with E-state index in [4.69, 9.17) is 33.5 Å². The van der Waals surface area contributed by atoms with Crippen LogP contribution in [0.15, 0.2) is 82.0 Å². The van der Waals surface area contributed by atoms with Crippen molar-refractivity contribution in [2.75, 3.05) is 76.6 Å². The molecule has 25 heteroatoms. The van der Waals surface area contributed by atoms with Crippen LogP contribution in [0.4, 0.5) is 10.3 Å². The molecule has 1 atom stereocenters. The molecule has 0 spiro atoms. The lowest BCUT2D eigenvalue weighted by Crippen LogP contribution is -2.42. The maximum absolute atomic E-state index is 12.9. The number of amides is 4. The zero-order valence-electron chi connectivity index (χ0n) is 39.5. The highest BCUT2D eigenvalue weighted by Gasteiger charge is 2.18. The number of nitrogens with one attached hydrogen (secondary N) is 4. The maximum Gasteiger partial charge on any atom is 0.257 e. The Morgan fingerprint density at radius 1 is 0.625 bits per heavy atom. The van der Waals surface area contributed by atoms with Crippen LogP contribution >= 0.6 is 22.7 Å². The van der Waals surface area contributed by atoms with Gasteiger partial charge in [0, 0.05) is 43.7 Å². The SMILES string of the molecule is Cc1nc2cc(C(=O)Nc3nnc(-c4ccco4)s3)ccc2n1CCOCCOCCNC(=O)CC[C@H](N)C(=O)NCCOCCOCCn1c(C)nc2cc(C(=O)Nc3nnc(-c4ccco4)s3)ccc21. The number of hydrogen-bond acceptors (Lipinski definition) is 19. The van der Waals surface area contributed by atoms with Gasteiger partial charge in [-0.3, -0.25) is 29.8 Å². The van der Waals surface area contributed by atoms with Gasteiger partial charge in [-0.2, -0.15) is 0 Å². The fourth-order valence-corrected chi connectivity index (χ4v) is 8.75. The van der Waals surface area contributed by atoms with Crippen LogP contribution in [0.2, 0.25) is 0 Å². The lowest BCUT2D eigenvalue weighted by molar-refractivity contribution is -0.123. The van der Waals surface area contributed by atoms with Crippen molar-refractivity contribution in [2.45, 2.75) is 45.8 Å². The van der Waals surface area contributed by atoms with E-state index in [0.29, 0.717) is 120 Å². The number of carbonyl (C=O) groups excluding carboxylic acids is 4. The summed E-state index contributed by atoms with van der Waals surface area (Å²) in [6, 6.07) is 16.9. The molecule has 6 aromatic heterocycles. The van der Waals surface area contributed by atoms with Gasteiger partial charge in [-0.25, -0.2) is 9.97 Å². The molecule has 72 heavy (non-hydrogen) atoms. The first kappa shape index (κ1) is 51.1. The number of furan rings is 2. The van der Waals surface area contributed by atoms with Crippen LogP contribution in [-0.4, -0.2) is 135 Å². The molecule has 0 bridgehead atoms. The van der Waals surface area contributed by atoms with Crippen molar-refractivity contribution in [3.8, 4) is 21.5 Å². The zero-order valence-corrected chi connectivity index (χ0v) is 41.1. The average molecular weight is 1020 g/mol. The highest BCUT2D eigenvalue weighted by atomic mass is 32.1. The number of fused-ring (bicyclic) bond motifs is 2. The molecule has 0 saturated heterocycles. The van der Waals surface area contributed by atoms with Gasteiger partial charge in [0.25, 0.3) is 11.8 Å². The summed E-state index contributed by atoms with van der Waals surface area (Å²) in [4.78, 5) is 59.9. The van der Waals surface area contributed by atoms with Crippen LogP contribution in [0.5, 0.6) is 0 Å². The summed E-state index contributed by atoms with van der Waals surface area (Å²) in [5.74, 6) is 1.49. The number of imidazole rings is 2. The van der Waals surface area contributed by atoms with Gasteiger partial charge < -0.3 is 53.3 Å². The molecule has 0 aliphatic carbocycles. The van der Waals surface area contributed by atoms with E-state index in [1.807, 2.05) is 35.1 Å². The molecule has 6 heterocycles. The second-order valence-electron chi connectivity index (χ2n) is 16.0. The number of rotatable bonds is 28. The number of anilines is 2. The molecule has 0 aliphatic rings. The van der Waals surface area contributed by atoms with Crippen molar-refractivity contribution in [1.29, 1.82) is 0 Å². The van der Waals surface area contributed by atoms with E-state index in [1.54, 1.807) is 61.1 Å². The predicted molar refractivity (Wildman–Crippen MR) is 267 cm³/mol. The quantitative estimate of drug-likeness (QED) is 0.0410. The van der Waals surface area contributed by atoms with Gasteiger partial charge in [0.1, 0.15) is 11.6 Å². The Hall–Kier alpha value is -7.26. The van der Waals surface area contributed by atoms with Gasteiger partial charge >= 0.3 is 0 Å². The molecular formula is C47H53N13O10S2. The van der Waals surface area contributed by atoms with E-state index in [-0.39, 0.29) is 49.6 Å². The van der Waals surface area contributed by atoms with Crippen molar-refractivity contribution in [3.63, 3.8) is 0 Å².